The predicted molar refractivity (Wildman–Crippen MR) is 64.5 cm³/mol. The molecule has 0 saturated heterocycles. The lowest BCUT2D eigenvalue weighted by Gasteiger charge is -2.23. The Morgan fingerprint density at radius 3 is 2.00 bits per heavy atom. The van der Waals surface area contributed by atoms with Gasteiger partial charge in [-0.2, -0.15) is 18.3 Å². The first-order chi connectivity index (χ1) is 8.00. The molecule has 0 radical (unpaired) electrons. The molecule has 0 amide bonds. The summed E-state index contributed by atoms with van der Waals surface area (Å²) in [5, 5.41) is 4.22. The van der Waals surface area contributed by atoms with Gasteiger partial charge in [0.2, 0.25) is 0 Å². The van der Waals surface area contributed by atoms with E-state index in [0.717, 1.165) is 0 Å². The number of aromatic nitrogens is 2. The minimum Gasteiger partial charge on any atom is -0.330 e. The summed E-state index contributed by atoms with van der Waals surface area (Å²) in [6.45, 7) is 8.51. The largest absolute Gasteiger partial charge is 0.397 e. The van der Waals surface area contributed by atoms with Crippen molar-refractivity contribution in [2.24, 2.45) is 5.73 Å². The van der Waals surface area contributed by atoms with E-state index in [4.69, 9.17) is 5.73 Å². The molecule has 0 aliphatic rings. The molecule has 6 heteroatoms. The van der Waals surface area contributed by atoms with Crippen LogP contribution in [0.25, 0.3) is 0 Å². The Morgan fingerprint density at radius 1 is 1.22 bits per heavy atom. The second-order valence-electron chi connectivity index (χ2n) is 5.50. The highest BCUT2D eigenvalue weighted by atomic mass is 19.4. The minimum absolute atomic E-state index is 0.208. The monoisotopic (exact) mass is 263 g/mol. The van der Waals surface area contributed by atoms with Crippen LogP contribution in [0, 0.1) is 13.8 Å². The Bertz CT molecular complexity index is 427. The molecule has 1 aromatic rings. The molecule has 1 rings (SSSR count). The summed E-state index contributed by atoms with van der Waals surface area (Å²) in [5.74, 6) is -1.64. The zero-order chi connectivity index (χ0) is 14.3. The van der Waals surface area contributed by atoms with Gasteiger partial charge in [0.15, 0.2) is 0 Å². The molecule has 104 valence electrons. The Morgan fingerprint density at radius 2 is 1.72 bits per heavy atom. The van der Waals surface area contributed by atoms with Crippen molar-refractivity contribution in [2.45, 2.75) is 52.3 Å². The molecule has 0 aliphatic heterocycles. The fourth-order valence-electron chi connectivity index (χ4n) is 2.23. The molecule has 0 aliphatic carbocycles. The fourth-order valence-corrected chi connectivity index (χ4v) is 2.23. The smallest absolute Gasteiger partial charge is 0.330 e. The van der Waals surface area contributed by atoms with Crippen LogP contribution in [0.5, 0.6) is 0 Å². The zero-order valence-electron chi connectivity index (χ0n) is 11.4. The molecule has 1 heterocycles. The standard InChI is InChI=1S/C12H20F3N3/c1-7-10(9(6-16)12(13,14)15)8(2)18(17-7)11(3,4)5/h9H,6,16H2,1-5H3. The summed E-state index contributed by atoms with van der Waals surface area (Å²) in [6.07, 6.45) is -4.34. The van der Waals surface area contributed by atoms with Crippen molar-refractivity contribution in [2.75, 3.05) is 6.54 Å². The summed E-state index contributed by atoms with van der Waals surface area (Å²) in [6, 6.07) is 0. The topological polar surface area (TPSA) is 43.8 Å². The quantitative estimate of drug-likeness (QED) is 0.891. The third kappa shape index (κ3) is 2.68. The Kier molecular flexibility index (Phi) is 3.81. The third-order valence-electron chi connectivity index (χ3n) is 2.96. The maximum Gasteiger partial charge on any atom is 0.397 e. The third-order valence-corrected chi connectivity index (χ3v) is 2.96. The van der Waals surface area contributed by atoms with Crippen LogP contribution in [0.1, 0.15) is 43.6 Å². The first-order valence-electron chi connectivity index (χ1n) is 5.83. The van der Waals surface area contributed by atoms with E-state index in [-0.39, 0.29) is 11.1 Å². The van der Waals surface area contributed by atoms with Crippen LogP contribution in [0.4, 0.5) is 13.2 Å². The molecule has 1 unspecified atom stereocenters. The van der Waals surface area contributed by atoms with E-state index in [1.54, 1.807) is 18.5 Å². The van der Waals surface area contributed by atoms with Gasteiger partial charge in [0.05, 0.1) is 17.2 Å². The van der Waals surface area contributed by atoms with Crippen LogP contribution in [0.2, 0.25) is 0 Å². The normalized spacial score (nSPS) is 14.9. The molecule has 0 spiro atoms. The van der Waals surface area contributed by atoms with E-state index in [0.29, 0.717) is 11.4 Å². The zero-order valence-corrected chi connectivity index (χ0v) is 11.4. The molecule has 18 heavy (non-hydrogen) atoms. The Hall–Kier alpha value is -1.04. The number of halogens is 3. The number of hydrogen-bond donors (Lipinski definition) is 1. The van der Waals surface area contributed by atoms with Gasteiger partial charge in [0.25, 0.3) is 0 Å². The van der Waals surface area contributed by atoms with Gasteiger partial charge in [-0.15, -0.1) is 0 Å². The second kappa shape index (κ2) is 4.57. The summed E-state index contributed by atoms with van der Waals surface area (Å²) in [7, 11) is 0. The van der Waals surface area contributed by atoms with Gasteiger partial charge >= 0.3 is 6.18 Å². The molecule has 0 saturated carbocycles. The van der Waals surface area contributed by atoms with E-state index in [1.165, 1.54) is 0 Å². The molecule has 1 aromatic heterocycles. The Labute approximate surface area is 105 Å². The van der Waals surface area contributed by atoms with Crippen LogP contribution in [0.3, 0.4) is 0 Å². The van der Waals surface area contributed by atoms with E-state index in [2.05, 4.69) is 5.10 Å². The van der Waals surface area contributed by atoms with Crippen molar-refractivity contribution in [3.63, 3.8) is 0 Å². The van der Waals surface area contributed by atoms with Gasteiger partial charge in [-0.3, -0.25) is 4.68 Å². The first kappa shape index (κ1) is 15.0. The number of hydrogen-bond acceptors (Lipinski definition) is 2. The van der Waals surface area contributed by atoms with Crippen molar-refractivity contribution in [1.29, 1.82) is 0 Å². The maximum absolute atomic E-state index is 13.0. The van der Waals surface area contributed by atoms with Crippen LogP contribution in [-0.4, -0.2) is 22.5 Å². The Balaban J connectivity index is 3.38. The first-order valence-corrected chi connectivity index (χ1v) is 5.83. The molecular formula is C12H20F3N3. The van der Waals surface area contributed by atoms with Crippen molar-refractivity contribution >= 4 is 0 Å². The number of nitrogens with two attached hydrogens (primary N) is 1. The predicted octanol–water partition coefficient (Wildman–Crippen LogP) is 2.86. The summed E-state index contributed by atoms with van der Waals surface area (Å²) in [4.78, 5) is 0. The van der Waals surface area contributed by atoms with Gasteiger partial charge in [-0.05, 0) is 34.6 Å². The lowest BCUT2D eigenvalue weighted by Crippen LogP contribution is -2.29. The highest BCUT2D eigenvalue weighted by Crippen LogP contribution is 2.38. The van der Waals surface area contributed by atoms with E-state index in [1.807, 2.05) is 20.8 Å². The average Bonchev–Trinajstić information content (AvgIpc) is 2.43. The van der Waals surface area contributed by atoms with Crippen LogP contribution in [-0.2, 0) is 5.54 Å². The SMILES string of the molecule is Cc1nn(C(C)(C)C)c(C)c1C(CN)C(F)(F)F. The number of nitrogens with zero attached hydrogens (tertiary/aromatic N) is 2. The van der Waals surface area contributed by atoms with Crippen molar-refractivity contribution in [3.8, 4) is 0 Å². The lowest BCUT2D eigenvalue weighted by molar-refractivity contribution is -0.148. The molecule has 3 nitrogen and oxygen atoms in total. The highest BCUT2D eigenvalue weighted by Gasteiger charge is 2.43. The highest BCUT2D eigenvalue weighted by molar-refractivity contribution is 5.31. The summed E-state index contributed by atoms with van der Waals surface area (Å²) < 4.78 is 40.5. The van der Waals surface area contributed by atoms with Gasteiger partial charge < -0.3 is 5.73 Å². The van der Waals surface area contributed by atoms with E-state index >= 15 is 0 Å². The van der Waals surface area contributed by atoms with Gasteiger partial charge in [0.1, 0.15) is 0 Å². The van der Waals surface area contributed by atoms with Crippen LogP contribution in [0.15, 0.2) is 0 Å². The molecular weight excluding hydrogens is 243 g/mol. The van der Waals surface area contributed by atoms with Gasteiger partial charge in [-0.1, -0.05) is 0 Å². The molecule has 1 atom stereocenters. The van der Waals surface area contributed by atoms with Crippen molar-refractivity contribution < 1.29 is 13.2 Å². The van der Waals surface area contributed by atoms with Crippen LogP contribution >= 0.6 is 0 Å². The average molecular weight is 263 g/mol. The minimum atomic E-state index is -4.34. The molecule has 0 aromatic carbocycles. The van der Waals surface area contributed by atoms with E-state index in [9.17, 15) is 13.2 Å². The van der Waals surface area contributed by atoms with Crippen molar-refractivity contribution in [1.82, 2.24) is 9.78 Å². The summed E-state index contributed by atoms with van der Waals surface area (Å²) >= 11 is 0. The molecule has 0 fully saturated rings. The number of aryl methyl sites for hydroxylation is 1. The lowest BCUT2D eigenvalue weighted by atomic mass is 9.96. The maximum atomic E-state index is 13.0. The fraction of sp³-hybridized carbons (Fsp3) is 0.750. The van der Waals surface area contributed by atoms with E-state index < -0.39 is 18.6 Å². The van der Waals surface area contributed by atoms with Gasteiger partial charge in [0, 0.05) is 17.8 Å². The van der Waals surface area contributed by atoms with Crippen LogP contribution < -0.4 is 5.73 Å². The van der Waals surface area contributed by atoms with Crippen molar-refractivity contribution in [3.05, 3.63) is 17.0 Å². The molecule has 2 N–H and O–H groups in total. The number of alkyl halides is 3. The summed E-state index contributed by atoms with van der Waals surface area (Å²) in [5.41, 5.74) is 6.08. The number of rotatable bonds is 2. The molecule has 0 bridgehead atoms. The second-order valence-corrected chi connectivity index (χ2v) is 5.50. The van der Waals surface area contributed by atoms with Gasteiger partial charge in [-0.25, -0.2) is 0 Å².